The average Bonchev–Trinajstić information content (AvgIpc) is 2.78. The highest BCUT2D eigenvalue weighted by molar-refractivity contribution is 5.89. The number of hydrogen-bond acceptors (Lipinski definition) is 3. The summed E-state index contributed by atoms with van der Waals surface area (Å²) >= 11 is 0. The molecule has 0 saturated heterocycles. The van der Waals surface area contributed by atoms with Gasteiger partial charge in [0.2, 0.25) is 0 Å². The molecule has 0 aliphatic heterocycles. The number of aliphatic hydroxyl groups is 1. The molecular weight excluding hydrogens is 268 g/mol. The Morgan fingerprint density at radius 1 is 1.43 bits per heavy atom. The van der Waals surface area contributed by atoms with Crippen LogP contribution >= 0.6 is 0 Å². The normalized spacial score (nSPS) is 12.5. The largest absolute Gasteiger partial charge is 0.391 e. The molecule has 6 nitrogen and oxygen atoms in total. The summed E-state index contributed by atoms with van der Waals surface area (Å²) in [4.78, 5) is 11.9. The molecule has 0 radical (unpaired) electrons. The zero-order valence-electron chi connectivity index (χ0n) is 13.5. The summed E-state index contributed by atoms with van der Waals surface area (Å²) in [6, 6.07) is -0.302. The molecule has 1 heterocycles. The van der Waals surface area contributed by atoms with Gasteiger partial charge in [-0.05, 0) is 18.8 Å². The summed E-state index contributed by atoms with van der Waals surface area (Å²) in [5.41, 5.74) is 1.76. The first-order valence-electron chi connectivity index (χ1n) is 7.75. The number of aromatic nitrogens is 2. The van der Waals surface area contributed by atoms with Gasteiger partial charge in [0.25, 0.3) is 0 Å². The fourth-order valence-corrected chi connectivity index (χ4v) is 2.20. The summed E-state index contributed by atoms with van der Waals surface area (Å²) in [6.07, 6.45) is 3.58. The van der Waals surface area contributed by atoms with Crippen molar-refractivity contribution >= 4 is 11.7 Å². The molecule has 1 aromatic rings. The summed E-state index contributed by atoms with van der Waals surface area (Å²) in [5, 5.41) is 19.4. The second kappa shape index (κ2) is 8.67. The van der Waals surface area contributed by atoms with Gasteiger partial charge in [-0.3, -0.25) is 4.68 Å². The van der Waals surface area contributed by atoms with Crippen molar-refractivity contribution in [3.05, 3.63) is 11.9 Å². The van der Waals surface area contributed by atoms with Crippen LogP contribution in [0.25, 0.3) is 0 Å². The van der Waals surface area contributed by atoms with Crippen LogP contribution in [0.15, 0.2) is 6.20 Å². The van der Waals surface area contributed by atoms with E-state index in [9.17, 15) is 9.90 Å². The highest BCUT2D eigenvalue weighted by Crippen LogP contribution is 2.17. The summed E-state index contributed by atoms with van der Waals surface area (Å²) in [7, 11) is 0. The minimum absolute atomic E-state index is 0.265. The molecule has 0 bridgehead atoms. The lowest BCUT2D eigenvalue weighted by atomic mass is 10.2. The first kappa shape index (κ1) is 17.5. The topological polar surface area (TPSA) is 79.2 Å². The fraction of sp³-hybridized carbons (Fsp3) is 0.733. The van der Waals surface area contributed by atoms with E-state index in [2.05, 4.69) is 29.6 Å². The maximum absolute atomic E-state index is 11.9. The summed E-state index contributed by atoms with van der Waals surface area (Å²) in [5.74, 6) is 0.501. The second-order valence-corrected chi connectivity index (χ2v) is 5.71. The number of carbonyl (C=O) groups is 1. The van der Waals surface area contributed by atoms with Gasteiger partial charge >= 0.3 is 6.03 Å². The molecule has 1 rings (SSSR count). The van der Waals surface area contributed by atoms with Gasteiger partial charge in [-0.15, -0.1) is 0 Å². The van der Waals surface area contributed by atoms with Crippen LogP contribution in [0.4, 0.5) is 10.5 Å². The number of nitrogens with one attached hydrogen (secondary N) is 2. The van der Waals surface area contributed by atoms with Gasteiger partial charge in [0.05, 0.1) is 23.7 Å². The van der Waals surface area contributed by atoms with Crippen molar-refractivity contribution in [3.8, 4) is 0 Å². The highest BCUT2D eigenvalue weighted by atomic mass is 16.3. The lowest BCUT2D eigenvalue weighted by Crippen LogP contribution is -2.35. The molecule has 0 spiro atoms. The lowest BCUT2D eigenvalue weighted by molar-refractivity contribution is 0.162. The van der Waals surface area contributed by atoms with Crippen LogP contribution in [0.5, 0.6) is 0 Å². The fourth-order valence-electron chi connectivity index (χ4n) is 2.20. The third-order valence-electron chi connectivity index (χ3n) is 3.19. The average molecular weight is 296 g/mol. The molecule has 21 heavy (non-hydrogen) atoms. The molecule has 0 aromatic carbocycles. The number of amides is 2. The third kappa shape index (κ3) is 5.75. The Bertz CT molecular complexity index is 443. The number of carbonyl (C=O) groups excluding carboxylic acids is 1. The highest BCUT2D eigenvalue weighted by Gasteiger charge is 2.13. The van der Waals surface area contributed by atoms with Crippen LogP contribution in [0.2, 0.25) is 0 Å². The van der Waals surface area contributed by atoms with E-state index in [4.69, 9.17) is 0 Å². The summed E-state index contributed by atoms with van der Waals surface area (Å²) < 4.78 is 1.94. The Balaban J connectivity index is 2.57. The van der Waals surface area contributed by atoms with Crippen LogP contribution in [-0.2, 0) is 13.0 Å². The van der Waals surface area contributed by atoms with E-state index in [1.807, 2.05) is 18.5 Å². The van der Waals surface area contributed by atoms with Crippen LogP contribution in [-0.4, -0.2) is 33.6 Å². The lowest BCUT2D eigenvalue weighted by Gasteiger charge is -2.13. The molecule has 6 heteroatoms. The van der Waals surface area contributed by atoms with E-state index in [1.54, 1.807) is 6.20 Å². The molecule has 3 N–H and O–H groups in total. The van der Waals surface area contributed by atoms with E-state index < -0.39 is 6.10 Å². The Morgan fingerprint density at radius 3 is 2.71 bits per heavy atom. The Labute approximate surface area is 126 Å². The SMILES string of the molecule is CCCC(O)CNC(=O)Nc1cnn(CC(C)C)c1CC. The number of hydrogen-bond donors (Lipinski definition) is 3. The van der Waals surface area contributed by atoms with Crippen molar-refractivity contribution in [2.24, 2.45) is 5.92 Å². The number of urea groups is 1. The maximum Gasteiger partial charge on any atom is 0.319 e. The number of aliphatic hydroxyl groups excluding tert-OH is 1. The molecule has 120 valence electrons. The Morgan fingerprint density at radius 2 is 2.14 bits per heavy atom. The quantitative estimate of drug-likeness (QED) is 0.689. The molecule has 0 saturated carbocycles. The smallest absolute Gasteiger partial charge is 0.319 e. The molecule has 0 fully saturated rings. The van der Waals surface area contributed by atoms with E-state index in [-0.39, 0.29) is 12.6 Å². The van der Waals surface area contributed by atoms with Gasteiger partial charge < -0.3 is 15.7 Å². The van der Waals surface area contributed by atoms with Crippen LogP contribution in [0, 0.1) is 5.92 Å². The Kier molecular flexibility index (Phi) is 7.22. The van der Waals surface area contributed by atoms with Crippen LogP contribution < -0.4 is 10.6 Å². The predicted octanol–water partition coefficient (Wildman–Crippen LogP) is 2.38. The molecule has 0 aliphatic rings. The maximum atomic E-state index is 11.9. The van der Waals surface area contributed by atoms with Gasteiger partial charge in [0.15, 0.2) is 0 Å². The number of rotatable bonds is 8. The van der Waals surface area contributed by atoms with E-state index in [0.29, 0.717) is 12.3 Å². The standard InChI is InChI=1S/C15H28N4O2/c1-5-7-12(20)8-16-15(21)18-13-9-17-19(10-11(3)4)14(13)6-2/h9,11-12,20H,5-8,10H2,1-4H3,(H2,16,18,21). The van der Waals surface area contributed by atoms with Gasteiger partial charge in [-0.1, -0.05) is 34.1 Å². The van der Waals surface area contributed by atoms with Gasteiger partial charge in [0.1, 0.15) is 0 Å². The van der Waals surface area contributed by atoms with Crippen molar-refractivity contribution in [2.75, 3.05) is 11.9 Å². The zero-order valence-corrected chi connectivity index (χ0v) is 13.5. The minimum Gasteiger partial charge on any atom is -0.391 e. The van der Waals surface area contributed by atoms with Gasteiger partial charge in [-0.25, -0.2) is 4.79 Å². The van der Waals surface area contributed by atoms with Crippen molar-refractivity contribution < 1.29 is 9.90 Å². The van der Waals surface area contributed by atoms with Gasteiger partial charge in [-0.2, -0.15) is 5.10 Å². The minimum atomic E-state index is -0.491. The molecule has 0 aliphatic carbocycles. The predicted molar refractivity (Wildman–Crippen MR) is 84.4 cm³/mol. The molecule has 1 aromatic heterocycles. The zero-order chi connectivity index (χ0) is 15.8. The van der Waals surface area contributed by atoms with Crippen molar-refractivity contribution in [3.63, 3.8) is 0 Å². The van der Waals surface area contributed by atoms with E-state index in [1.165, 1.54) is 0 Å². The molecule has 2 amide bonds. The Hall–Kier alpha value is -1.56. The summed E-state index contributed by atoms with van der Waals surface area (Å²) in [6.45, 7) is 9.41. The molecular formula is C15H28N4O2. The van der Waals surface area contributed by atoms with E-state index in [0.717, 1.165) is 30.8 Å². The third-order valence-corrected chi connectivity index (χ3v) is 3.19. The van der Waals surface area contributed by atoms with Gasteiger partial charge in [0, 0.05) is 13.1 Å². The van der Waals surface area contributed by atoms with Crippen molar-refractivity contribution in [1.29, 1.82) is 0 Å². The molecule has 1 atom stereocenters. The number of nitrogens with zero attached hydrogens (tertiary/aromatic N) is 2. The van der Waals surface area contributed by atoms with Crippen LogP contribution in [0.3, 0.4) is 0 Å². The van der Waals surface area contributed by atoms with Crippen LogP contribution in [0.1, 0.15) is 46.2 Å². The first-order valence-corrected chi connectivity index (χ1v) is 7.75. The van der Waals surface area contributed by atoms with Crippen molar-refractivity contribution in [2.45, 2.75) is 59.6 Å². The van der Waals surface area contributed by atoms with Crippen molar-refractivity contribution in [1.82, 2.24) is 15.1 Å². The monoisotopic (exact) mass is 296 g/mol. The molecule has 1 unspecified atom stereocenters. The first-order chi connectivity index (χ1) is 9.97. The second-order valence-electron chi connectivity index (χ2n) is 5.71. The number of anilines is 1. The van der Waals surface area contributed by atoms with E-state index >= 15 is 0 Å².